The summed E-state index contributed by atoms with van der Waals surface area (Å²) in [6, 6.07) is 6.22. The third-order valence-corrected chi connectivity index (χ3v) is 4.73. The molecule has 0 fully saturated rings. The van der Waals surface area contributed by atoms with Gasteiger partial charge in [-0.2, -0.15) is 4.31 Å². The van der Waals surface area contributed by atoms with Crippen LogP contribution in [-0.4, -0.2) is 44.6 Å². The molecular weight excluding hydrogens is 240 g/mol. The van der Waals surface area contributed by atoms with Gasteiger partial charge in [0.1, 0.15) is 4.90 Å². The maximum absolute atomic E-state index is 12.3. The van der Waals surface area contributed by atoms with Crippen LogP contribution in [0.2, 0.25) is 0 Å². The second-order valence-corrected chi connectivity index (χ2v) is 5.76. The fourth-order valence-corrected chi connectivity index (χ4v) is 2.95. The van der Waals surface area contributed by atoms with Crippen molar-refractivity contribution in [2.24, 2.45) is 0 Å². The first kappa shape index (κ1) is 14.0. The molecule has 0 aliphatic heterocycles. The quantitative estimate of drug-likeness (QED) is 0.817. The number of aliphatic hydroxyl groups is 1. The highest BCUT2D eigenvalue weighted by Gasteiger charge is 2.26. The predicted octanol–water partition coefficient (Wildman–Crippen LogP) is 0.730. The zero-order valence-corrected chi connectivity index (χ0v) is 11.0. The first-order valence-electron chi connectivity index (χ1n) is 5.30. The average Bonchev–Trinajstić information content (AvgIpc) is 2.36. The molecule has 1 rings (SSSR count). The van der Waals surface area contributed by atoms with Crippen LogP contribution >= 0.6 is 0 Å². The van der Waals surface area contributed by atoms with E-state index in [1.807, 2.05) is 0 Å². The van der Waals surface area contributed by atoms with Gasteiger partial charge in [-0.25, -0.2) is 8.42 Å². The molecule has 6 heteroatoms. The van der Waals surface area contributed by atoms with Gasteiger partial charge in [0.15, 0.2) is 0 Å². The molecule has 2 N–H and O–H groups in total. The summed E-state index contributed by atoms with van der Waals surface area (Å²) in [7, 11) is -0.451. The SMILES string of the molecule is CNc1ccccc1S(=O)(=O)N(C)C(C)CO. The molecule has 0 bridgehead atoms. The van der Waals surface area contributed by atoms with Crippen LogP contribution < -0.4 is 5.32 Å². The number of benzene rings is 1. The van der Waals surface area contributed by atoms with Crippen LogP contribution in [0.4, 0.5) is 5.69 Å². The Morgan fingerprint density at radius 1 is 1.41 bits per heavy atom. The van der Waals surface area contributed by atoms with Gasteiger partial charge >= 0.3 is 0 Å². The Morgan fingerprint density at radius 3 is 2.53 bits per heavy atom. The molecule has 0 amide bonds. The summed E-state index contributed by atoms with van der Waals surface area (Å²) in [5, 5.41) is 11.9. The number of nitrogens with zero attached hydrogens (tertiary/aromatic N) is 1. The van der Waals surface area contributed by atoms with Crippen molar-refractivity contribution in [3.05, 3.63) is 24.3 Å². The largest absolute Gasteiger partial charge is 0.395 e. The molecule has 1 unspecified atom stereocenters. The lowest BCUT2D eigenvalue weighted by Gasteiger charge is -2.23. The molecule has 0 saturated heterocycles. The number of hydrogen-bond acceptors (Lipinski definition) is 4. The van der Waals surface area contributed by atoms with Crippen LogP contribution in [0.1, 0.15) is 6.92 Å². The van der Waals surface area contributed by atoms with Gasteiger partial charge in [-0.1, -0.05) is 12.1 Å². The zero-order valence-electron chi connectivity index (χ0n) is 10.2. The molecule has 0 saturated carbocycles. The van der Waals surface area contributed by atoms with Crippen molar-refractivity contribution in [3.63, 3.8) is 0 Å². The minimum atomic E-state index is -3.58. The van der Waals surface area contributed by atoms with Gasteiger partial charge < -0.3 is 10.4 Å². The first-order valence-corrected chi connectivity index (χ1v) is 6.74. The highest BCUT2D eigenvalue weighted by Crippen LogP contribution is 2.24. The Balaban J connectivity index is 3.22. The van der Waals surface area contributed by atoms with E-state index in [1.54, 1.807) is 38.2 Å². The molecule has 0 spiro atoms. The standard InChI is InChI=1S/C11H18N2O3S/c1-9(8-14)13(3)17(15,16)11-7-5-4-6-10(11)12-2/h4-7,9,12,14H,8H2,1-3H3. The van der Waals surface area contributed by atoms with Crippen LogP contribution in [0.25, 0.3) is 0 Å². The van der Waals surface area contributed by atoms with Crippen molar-refractivity contribution in [1.82, 2.24) is 4.31 Å². The molecule has 5 nitrogen and oxygen atoms in total. The summed E-state index contributed by atoms with van der Waals surface area (Å²) < 4.78 is 25.7. The summed E-state index contributed by atoms with van der Waals surface area (Å²) >= 11 is 0. The molecule has 1 aromatic rings. The topological polar surface area (TPSA) is 69.6 Å². The maximum Gasteiger partial charge on any atom is 0.245 e. The number of nitrogens with one attached hydrogen (secondary N) is 1. The lowest BCUT2D eigenvalue weighted by molar-refractivity contribution is 0.214. The summed E-state index contributed by atoms with van der Waals surface area (Å²) in [6.45, 7) is 1.44. The summed E-state index contributed by atoms with van der Waals surface area (Å²) in [5.41, 5.74) is 0.546. The smallest absolute Gasteiger partial charge is 0.245 e. The average molecular weight is 258 g/mol. The van der Waals surface area contributed by atoms with Crippen molar-refractivity contribution >= 4 is 15.7 Å². The number of rotatable bonds is 5. The molecule has 0 aliphatic rings. The summed E-state index contributed by atoms with van der Waals surface area (Å²) in [5.74, 6) is 0. The van der Waals surface area contributed by atoms with Crippen LogP contribution in [0, 0.1) is 0 Å². The van der Waals surface area contributed by atoms with Crippen molar-refractivity contribution in [2.45, 2.75) is 17.9 Å². The molecule has 1 atom stereocenters. The van der Waals surface area contributed by atoms with Crippen molar-refractivity contribution in [2.75, 3.05) is 26.0 Å². The van der Waals surface area contributed by atoms with E-state index < -0.39 is 16.1 Å². The van der Waals surface area contributed by atoms with E-state index in [2.05, 4.69) is 5.32 Å². The highest BCUT2D eigenvalue weighted by atomic mass is 32.2. The minimum absolute atomic E-state index is 0.211. The second-order valence-electron chi connectivity index (χ2n) is 3.80. The second kappa shape index (κ2) is 5.48. The third kappa shape index (κ3) is 2.77. The number of para-hydroxylation sites is 1. The molecule has 1 aromatic carbocycles. The Bertz CT molecular complexity index is 473. The molecule has 96 valence electrons. The van der Waals surface area contributed by atoms with E-state index in [-0.39, 0.29) is 11.5 Å². The number of sulfonamides is 1. The van der Waals surface area contributed by atoms with E-state index in [0.29, 0.717) is 5.69 Å². The minimum Gasteiger partial charge on any atom is -0.395 e. The molecule has 17 heavy (non-hydrogen) atoms. The fraction of sp³-hybridized carbons (Fsp3) is 0.455. The fourth-order valence-electron chi connectivity index (χ4n) is 1.41. The van der Waals surface area contributed by atoms with Crippen molar-refractivity contribution < 1.29 is 13.5 Å². The van der Waals surface area contributed by atoms with Gasteiger partial charge in [-0.3, -0.25) is 0 Å². The molecule has 0 radical (unpaired) electrons. The van der Waals surface area contributed by atoms with Crippen LogP contribution in [0.5, 0.6) is 0 Å². The lowest BCUT2D eigenvalue weighted by atomic mass is 10.3. The molecule has 0 aliphatic carbocycles. The Morgan fingerprint density at radius 2 is 2.00 bits per heavy atom. The monoisotopic (exact) mass is 258 g/mol. The number of aliphatic hydroxyl groups excluding tert-OH is 1. The summed E-state index contributed by atoms with van der Waals surface area (Å²) in [6.07, 6.45) is 0. The Labute approximate surface area is 102 Å². The van der Waals surface area contributed by atoms with Crippen molar-refractivity contribution in [1.29, 1.82) is 0 Å². The molecule has 0 heterocycles. The zero-order chi connectivity index (χ0) is 13.1. The lowest BCUT2D eigenvalue weighted by Crippen LogP contribution is -2.37. The van der Waals surface area contributed by atoms with Gasteiger partial charge in [-0.05, 0) is 19.1 Å². The van der Waals surface area contributed by atoms with Gasteiger partial charge in [0.25, 0.3) is 0 Å². The van der Waals surface area contributed by atoms with Gasteiger partial charge in [0, 0.05) is 20.1 Å². The highest BCUT2D eigenvalue weighted by molar-refractivity contribution is 7.89. The van der Waals surface area contributed by atoms with E-state index in [4.69, 9.17) is 5.11 Å². The van der Waals surface area contributed by atoms with Gasteiger partial charge in [0.2, 0.25) is 10.0 Å². The summed E-state index contributed by atoms with van der Waals surface area (Å²) in [4.78, 5) is 0.213. The Hall–Kier alpha value is -1.11. The van der Waals surface area contributed by atoms with Crippen LogP contribution in [0.3, 0.4) is 0 Å². The molecule has 0 aromatic heterocycles. The predicted molar refractivity (Wildman–Crippen MR) is 67.5 cm³/mol. The van der Waals surface area contributed by atoms with Crippen LogP contribution in [0.15, 0.2) is 29.2 Å². The van der Waals surface area contributed by atoms with E-state index in [9.17, 15) is 8.42 Å². The Kier molecular flexibility index (Phi) is 4.50. The number of anilines is 1. The van der Waals surface area contributed by atoms with E-state index in [1.165, 1.54) is 11.4 Å². The molecular formula is C11H18N2O3S. The number of likely N-dealkylation sites (N-methyl/N-ethyl adjacent to an activating group) is 1. The first-order chi connectivity index (χ1) is 7.95. The van der Waals surface area contributed by atoms with Crippen molar-refractivity contribution in [3.8, 4) is 0 Å². The van der Waals surface area contributed by atoms with Crippen LogP contribution in [-0.2, 0) is 10.0 Å². The van der Waals surface area contributed by atoms with Gasteiger partial charge in [-0.15, -0.1) is 0 Å². The van der Waals surface area contributed by atoms with E-state index in [0.717, 1.165) is 0 Å². The van der Waals surface area contributed by atoms with E-state index >= 15 is 0 Å². The normalized spacial score (nSPS) is 13.7. The van der Waals surface area contributed by atoms with Gasteiger partial charge in [0.05, 0.1) is 12.3 Å². The maximum atomic E-state index is 12.3. The third-order valence-electron chi connectivity index (χ3n) is 2.70. The number of hydrogen-bond donors (Lipinski definition) is 2.